The second-order valence-electron chi connectivity index (χ2n) is 5.48. The van der Waals surface area contributed by atoms with E-state index in [-0.39, 0.29) is 0 Å². The van der Waals surface area contributed by atoms with Gasteiger partial charge in [0.1, 0.15) is 11.5 Å². The highest BCUT2D eigenvalue weighted by Crippen LogP contribution is 2.29. The highest BCUT2D eigenvalue weighted by atomic mass is 16.5. The molecule has 5 nitrogen and oxygen atoms in total. The minimum Gasteiger partial charge on any atom is -0.497 e. The summed E-state index contributed by atoms with van der Waals surface area (Å²) in [7, 11) is 3.23. The van der Waals surface area contributed by atoms with E-state index in [0.717, 1.165) is 28.2 Å². The second-order valence-corrected chi connectivity index (χ2v) is 5.48. The number of aliphatic hydroxyl groups is 1. The van der Waals surface area contributed by atoms with Gasteiger partial charge in [-0.2, -0.15) is 0 Å². The second kappa shape index (κ2) is 7.27. The van der Waals surface area contributed by atoms with Gasteiger partial charge in [-0.25, -0.2) is 0 Å². The number of benzene rings is 1. The van der Waals surface area contributed by atoms with Crippen LogP contribution >= 0.6 is 0 Å². The van der Waals surface area contributed by atoms with E-state index in [1.54, 1.807) is 26.6 Å². The highest BCUT2D eigenvalue weighted by molar-refractivity contribution is 6.16. The van der Waals surface area contributed by atoms with E-state index < -0.39 is 6.10 Å². The van der Waals surface area contributed by atoms with Crippen molar-refractivity contribution < 1.29 is 14.6 Å². The Morgan fingerprint density at radius 2 is 2.08 bits per heavy atom. The monoisotopic (exact) mass is 324 g/mol. The highest BCUT2D eigenvalue weighted by Gasteiger charge is 2.22. The number of methoxy groups -OCH3 is 2. The van der Waals surface area contributed by atoms with E-state index in [4.69, 9.17) is 9.47 Å². The molecule has 124 valence electrons. The number of hydrogen-bond acceptors (Lipinski definition) is 5. The van der Waals surface area contributed by atoms with Crippen molar-refractivity contribution in [3.8, 4) is 11.5 Å². The molecular formula is C19H20N2O3. The first kappa shape index (κ1) is 16.2. The first-order valence-corrected chi connectivity index (χ1v) is 7.80. The molecule has 0 radical (unpaired) electrons. The lowest BCUT2D eigenvalue weighted by molar-refractivity contribution is 0.207. The molecule has 1 atom stereocenters. The van der Waals surface area contributed by atoms with Gasteiger partial charge in [-0.05, 0) is 36.8 Å². The average molecular weight is 324 g/mol. The van der Waals surface area contributed by atoms with Crippen LogP contribution in [0.5, 0.6) is 11.5 Å². The van der Waals surface area contributed by atoms with Crippen molar-refractivity contribution in [2.75, 3.05) is 20.8 Å². The lowest BCUT2D eigenvalue weighted by Gasteiger charge is -2.22. The molecule has 2 aromatic rings. The molecule has 0 saturated heterocycles. The Labute approximate surface area is 141 Å². The number of aliphatic imine (C=N–C) groups is 1. The van der Waals surface area contributed by atoms with Crippen LogP contribution in [-0.2, 0) is 0 Å². The van der Waals surface area contributed by atoms with Gasteiger partial charge < -0.3 is 14.6 Å². The molecule has 1 aromatic heterocycles. The molecule has 0 amide bonds. The first-order chi connectivity index (χ1) is 11.7. The molecule has 0 aliphatic carbocycles. The molecule has 3 rings (SSSR count). The van der Waals surface area contributed by atoms with E-state index in [1.165, 1.54) is 0 Å². The predicted molar refractivity (Wildman–Crippen MR) is 93.8 cm³/mol. The summed E-state index contributed by atoms with van der Waals surface area (Å²) in [6.07, 6.45) is 5.45. The summed E-state index contributed by atoms with van der Waals surface area (Å²) >= 11 is 0. The fourth-order valence-corrected chi connectivity index (χ4v) is 2.73. The number of aliphatic hydroxyl groups excluding tert-OH is 1. The summed E-state index contributed by atoms with van der Waals surface area (Å²) in [6.45, 7) is 0.600. The largest absolute Gasteiger partial charge is 0.497 e. The van der Waals surface area contributed by atoms with E-state index >= 15 is 0 Å². The van der Waals surface area contributed by atoms with Crippen LogP contribution in [0.3, 0.4) is 0 Å². The molecule has 2 heterocycles. The third-order valence-corrected chi connectivity index (χ3v) is 3.99. The van der Waals surface area contributed by atoms with Crippen molar-refractivity contribution >= 4 is 11.8 Å². The molecule has 1 aliphatic rings. The third kappa shape index (κ3) is 3.31. The smallest absolute Gasteiger partial charge is 0.129 e. The molecule has 1 aromatic carbocycles. The molecular weight excluding hydrogens is 304 g/mol. The lowest BCUT2D eigenvalue weighted by atomic mass is 9.92. The van der Waals surface area contributed by atoms with Gasteiger partial charge in [0.2, 0.25) is 0 Å². The molecule has 0 bridgehead atoms. The summed E-state index contributed by atoms with van der Waals surface area (Å²) in [5.41, 5.74) is 3.32. The Morgan fingerprint density at radius 3 is 2.79 bits per heavy atom. The molecule has 0 fully saturated rings. The Hall–Kier alpha value is -2.66. The van der Waals surface area contributed by atoms with Crippen LogP contribution in [0.25, 0.3) is 6.08 Å². The maximum absolute atomic E-state index is 10.5. The van der Waals surface area contributed by atoms with Crippen molar-refractivity contribution in [3.63, 3.8) is 0 Å². The SMILES string of the molecule is COc1ccc(/C=C2\C(c3cccnc3)=NCCC2O)c(OC)c1. The number of nitrogens with zero attached hydrogens (tertiary/aromatic N) is 2. The topological polar surface area (TPSA) is 63.9 Å². The van der Waals surface area contributed by atoms with E-state index in [9.17, 15) is 5.11 Å². The quantitative estimate of drug-likeness (QED) is 0.939. The van der Waals surface area contributed by atoms with Gasteiger partial charge in [0.15, 0.2) is 0 Å². The maximum atomic E-state index is 10.5. The van der Waals surface area contributed by atoms with Crippen molar-refractivity contribution in [3.05, 3.63) is 59.4 Å². The van der Waals surface area contributed by atoms with Gasteiger partial charge in [-0.1, -0.05) is 0 Å². The normalized spacial score (nSPS) is 19.0. The van der Waals surface area contributed by atoms with Gasteiger partial charge in [0, 0.05) is 41.7 Å². The summed E-state index contributed by atoms with van der Waals surface area (Å²) in [6, 6.07) is 9.41. The molecule has 1 N–H and O–H groups in total. The molecule has 1 unspecified atom stereocenters. The van der Waals surface area contributed by atoms with Crippen LogP contribution in [0.2, 0.25) is 0 Å². The van der Waals surface area contributed by atoms with Gasteiger partial charge in [-0.15, -0.1) is 0 Å². The van der Waals surface area contributed by atoms with Crippen LogP contribution in [0.4, 0.5) is 0 Å². The Kier molecular flexibility index (Phi) is 4.91. The summed E-state index contributed by atoms with van der Waals surface area (Å²) in [4.78, 5) is 8.75. The summed E-state index contributed by atoms with van der Waals surface area (Å²) in [5, 5.41) is 10.5. The molecule has 0 saturated carbocycles. The van der Waals surface area contributed by atoms with Gasteiger partial charge in [-0.3, -0.25) is 9.98 Å². The van der Waals surface area contributed by atoms with Crippen LogP contribution < -0.4 is 9.47 Å². The summed E-state index contributed by atoms with van der Waals surface area (Å²) < 4.78 is 10.7. The third-order valence-electron chi connectivity index (χ3n) is 3.99. The first-order valence-electron chi connectivity index (χ1n) is 7.80. The zero-order chi connectivity index (χ0) is 16.9. The Bertz CT molecular complexity index is 769. The molecule has 5 heteroatoms. The number of aromatic nitrogens is 1. The average Bonchev–Trinajstić information content (AvgIpc) is 2.64. The van der Waals surface area contributed by atoms with E-state index in [1.807, 2.05) is 36.4 Å². The number of rotatable bonds is 4. The Morgan fingerprint density at radius 1 is 1.21 bits per heavy atom. The van der Waals surface area contributed by atoms with Crippen molar-refractivity contribution in [2.24, 2.45) is 4.99 Å². The minimum atomic E-state index is -0.565. The summed E-state index contributed by atoms with van der Waals surface area (Å²) in [5.74, 6) is 1.41. The van der Waals surface area contributed by atoms with Gasteiger partial charge in [0.05, 0.1) is 26.0 Å². The molecule has 1 aliphatic heterocycles. The fraction of sp³-hybridized carbons (Fsp3) is 0.263. The Balaban J connectivity index is 2.06. The predicted octanol–water partition coefficient (Wildman–Crippen LogP) is 2.74. The van der Waals surface area contributed by atoms with Crippen molar-refractivity contribution in [1.29, 1.82) is 0 Å². The van der Waals surface area contributed by atoms with Crippen molar-refractivity contribution in [2.45, 2.75) is 12.5 Å². The van der Waals surface area contributed by atoms with Crippen LogP contribution in [0.15, 0.2) is 53.3 Å². The fourth-order valence-electron chi connectivity index (χ4n) is 2.73. The van der Waals surface area contributed by atoms with Crippen LogP contribution in [0, 0.1) is 0 Å². The van der Waals surface area contributed by atoms with Crippen molar-refractivity contribution in [1.82, 2.24) is 4.98 Å². The maximum Gasteiger partial charge on any atom is 0.129 e. The van der Waals surface area contributed by atoms with E-state index in [0.29, 0.717) is 18.7 Å². The zero-order valence-electron chi connectivity index (χ0n) is 13.8. The van der Waals surface area contributed by atoms with E-state index in [2.05, 4.69) is 9.98 Å². The number of hydrogen-bond donors (Lipinski definition) is 1. The van der Waals surface area contributed by atoms with Crippen LogP contribution in [0.1, 0.15) is 17.5 Å². The molecule has 24 heavy (non-hydrogen) atoms. The van der Waals surface area contributed by atoms with Crippen LogP contribution in [-0.4, -0.2) is 42.7 Å². The molecule has 0 spiro atoms. The van der Waals surface area contributed by atoms with Gasteiger partial charge >= 0.3 is 0 Å². The lowest BCUT2D eigenvalue weighted by Crippen LogP contribution is -2.25. The minimum absolute atomic E-state index is 0.565. The zero-order valence-corrected chi connectivity index (χ0v) is 13.8. The number of ether oxygens (including phenoxy) is 2. The number of pyridine rings is 1. The standard InChI is InChI=1S/C19H20N2O3/c1-23-15-6-5-13(18(11-15)24-2)10-16-17(22)7-9-21-19(16)14-4-3-8-20-12-14/h3-6,8,10-12,17,22H,7,9H2,1-2H3/b16-10-. The van der Waals surface area contributed by atoms with Gasteiger partial charge in [0.25, 0.3) is 0 Å².